The molecular weight excluding hydrogens is 755 g/mol. The highest BCUT2D eigenvalue weighted by atomic mass is 32.2. The highest BCUT2D eigenvalue weighted by Crippen LogP contribution is 2.47. The maximum atomic E-state index is 14.9. The topological polar surface area (TPSA) is 192 Å². The van der Waals surface area contributed by atoms with E-state index in [4.69, 9.17) is 18.9 Å². The molecule has 0 bridgehead atoms. The van der Waals surface area contributed by atoms with E-state index < -0.39 is 73.8 Å². The number of allylic oxidation sites excluding steroid dienone is 1. The van der Waals surface area contributed by atoms with Crippen LogP contribution in [0.2, 0.25) is 0 Å². The average molecular weight is 812 g/mol. The molecule has 15 nitrogen and oxygen atoms in total. The first-order chi connectivity index (χ1) is 26.8. The third kappa shape index (κ3) is 9.26. The summed E-state index contributed by atoms with van der Waals surface area (Å²) in [6.07, 6.45) is 5.36. The number of carbonyl (C=O) groups excluding carboxylic acids is 4. The Morgan fingerprint density at radius 2 is 1.84 bits per heavy atom. The Morgan fingerprint density at radius 3 is 2.51 bits per heavy atom. The van der Waals surface area contributed by atoms with Crippen LogP contribution in [0.15, 0.2) is 36.4 Å². The van der Waals surface area contributed by atoms with Gasteiger partial charge in [0, 0.05) is 23.8 Å². The lowest BCUT2D eigenvalue weighted by atomic mass is 9.88. The van der Waals surface area contributed by atoms with Crippen molar-refractivity contribution in [3.8, 4) is 17.5 Å². The van der Waals surface area contributed by atoms with E-state index in [0.29, 0.717) is 49.3 Å². The molecule has 2 aliphatic carbocycles. The zero-order chi connectivity index (χ0) is 41.5. The minimum Gasteiger partial charge on any atom is -0.497 e. The van der Waals surface area contributed by atoms with Crippen molar-refractivity contribution in [2.24, 2.45) is 17.8 Å². The first-order valence-corrected chi connectivity index (χ1v) is 21.4. The van der Waals surface area contributed by atoms with Crippen molar-refractivity contribution in [2.75, 3.05) is 20.3 Å². The average Bonchev–Trinajstić information content (AvgIpc) is 4.01. The zero-order valence-electron chi connectivity index (χ0n) is 34.2. The van der Waals surface area contributed by atoms with Gasteiger partial charge in [0.2, 0.25) is 33.6 Å². The Kier molecular flexibility index (Phi) is 11.8. The number of fused-ring (bicyclic) bond motifs is 3. The summed E-state index contributed by atoms with van der Waals surface area (Å²) in [5, 5.41) is 7.11. The highest BCUT2D eigenvalue weighted by Gasteiger charge is 2.63. The van der Waals surface area contributed by atoms with Crippen molar-refractivity contribution >= 4 is 44.6 Å². The predicted molar refractivity (Wildman–Crippen MR) is 212 cm³/mol. The van der Waals surface area contributed by atoms with Crippen LogP contribution in [-0.4, -0.2) is 96.5 Å². The van der Waals surface area contributed by atoms with E-state index in [2.05, 4.69) is 27.3 Å². The Hall–Kier alpha value is -4.60. The molecule has 0 unspecified atom stereocenters. The summed E-state index contributed by atoms with van der Waals surface area (Å²) in [4.78, 5) is 62.7. The summed E-state index contributed by atoms with van der Waals surface area (Å²) in [5.74, 6) is -1.49. The number of pyridine rings is 1. The smallest absolute Gasteiger partial charge is 0.408 e. The molecule has 16 heteroatoms. The molecule has 3 heterocycles. The number of aromatic nitrogens is 1. The van der Waals surface area contributed by atoms with E-state index in [-0.39, 0.29) is 37.1 Å². The van der Waals surface area contributed by atoms with E-state index in [9.17, 15) is 27.6 Å². The molecule has 0 radical (unpaired) electrons. The number of hydrogen-bond donors (Lipinski definition) is 3. The van der Waals surface area contributed by atoms with Gasteiger partial charge in [0.1, 0.15) is 35.1 Å². The number of rotatable bonds is 9. The van der Waals surface area contributed by atoms with Gasteiger partial charge in [-0.3, -0.25) is 19.1 Å². The number of hydrogen-bond acceptors (Lipinski definition) is 11. The van der Waals surface area contributed by atoms with Gasteiger partial charge in [-0.05, 0) is 109 Å². The van der Waals surface area contributed by atoms with Gasteiger partial charge in [-0.15, -0.1) is 0 Å². The lowest BCUT2D eigenvalue weighted by Gasteiger charge is -2.33. The second-order valence-electron chi connectivity index (χ2n) is 17.4. The number of sulfonamides is 1. The number of methoxy groups -OCH3 is 1. The fraction of sp³-hybridized carbons (Fsp3) is 0.634. The number of amides is 4. The molecule has 312 valence electrons. The van der Waals surface area contributed by atoms with Gasteiger partial charge in [0.25, 0.3) is 5.91 Å². The Labute approximate surface area is 335 Å². The van der Waals surface area contributed by atoms with Crippen LogP contribution in [0.25, 0.3) is 10.8 Å². The van der Waals surface area contributed by atoms with Gasteiger partial charge in [0.15, 0.2) is 0 Å². The fourth-order valence-electron chi connectivity index (χ4n) is 7.81. The first kappa shape index (κ1) is 42.0. The van der Waals surface area contributed by atoms with Gasteiger partial charge in [-0.25, -0.2) is 13.2 Å². The van der Waals surface area contributed by atoms with Gasteiger partial charge in [0.05, 0.1) is 25.0 Å². The summed E-state index contributed by atoms with van der Waals surface area (Å²) in [5.41, 5.74) is -2.38. The van der Waals surface area contributed by atoms with Crippen LogP contribution in [-0.2, 0) is 29.1 Å². The van der Waals surface area contributed by atoms with E-state index in [1.165, 1.54) is 4.90 Å². The number of nitrogens with zero attached hydrogens (tertiary/aromatic N) is 2. The number of benzene rings is 1. The minimum absolute atomic E-state index is 0.00821. The summed E-state index contributed by atoms with van der Waals surface area (Å²) >= 11 is 0. The van der Waals surface area contributed by atoms with Crippen molar-refractivity contribution < 1.29 is 46.5 Å². The van der Waals surface area contributed by atoms with Gasteiger partial charge in [-0.1, -0.05) is 26.0 Å². The van der Waals surface area contributed by atoms with Gasteiger partial charge in [-0.2, -0.15) is 4.98 Å². The largest absolute Gasteiger partial charge is 0.497 e. The number of carbonyl (C=O) groups is 4. The second kappa shape index (κ2) is 16.0. The third-order valence-electron chi connectivity index (χ3n) is 11.5. The Bertz CT molecular complexity index is 2030. The molecule has 4 amide bonds. The molecule has 3 N–H and O–H groups in total. The van der Waals surface area contributed by atoms with Crippen molar-refractivity contribution in [1.82, 2.24) is 25.2 Å². The predicted octanol–water partition coefficient (Wildman–Crippen LogP) is 4.77. The third-order valence-corrected chi connectivity index (χ3v) is 13.6. The maximum absolute atomic E-state index is 14.9. The van der Waals surface area contributed by atoms with Crippen LogP contribution in [0.3, 0.4) is 0 Å². The van der Waals surface area contributed by atoms with Crippen LogP contribution in [0.4, 0.5) is 4.79 Å². The number of alkyl carbamates (subject to hydrolysis) is 1. The molecule has 6 rings (SSSR count). The molecule has 2 aromatic rings. The molecule has 1 saturated heterocycles. The molecule has 2 saturated carbocycles. The van der Waals surface area contributed by atoms with Crippen LogP contribution in [0, 0.1) is 17.8 Å². The van der Waals surface area contributed by atoms with Crippen LogP contribution >= 0.6 is 0 Å². The molecule has 7 atom stereocenters. The van der Waals surface area contributed by atoms with Crippen LogP contribution in [0.1, 0.15) is 93.4 Å². The zero-order valence-corrected chi connectivity index (χ0v) is 35.0. The SMILES string of the molecule is CCOc1cc2cc(OC)ccc2c(O[C@@H]2C[C@H]3C(=O)N[C@]4(C(=O)NS(=O)(=O)C5(C)CC5)C[C@H]4/C=C\CC[C@@H](C)C[C@@H](C)[C@H](NC(=O)OC(C)(C)C)C(=O)N3C2)n1. The summed E-state index contributed by atoms with van der Waals surface area (Å²) in [6, 6.07) is 4.95. The molecule has 1 aromatic heterocycles. The molecule has 0 spiro atoms. The minimum atomic E-state index is -4.01. The normalized spacial score (nSPS) is 29.4. The maximum Gasteiger partial charge on any atom is 0.408 e. The van der Waals surface area contributed by atoms with Crippen molar-refractivity contribution in [3.63, 3.8) is 0 Å². The highest BCUT2D eigenvalue weighted by molar-refractivity contribution is 7.91. The molecule has 57 heavy (non-hydrogen) atoms. The Morgan fingerprint density at radius 1 is 1.11 bits per heavy atom. The monoisotopic (exact) mass is 811 g/mol. The van der Waals surface area contributed by atoms with Crippen LogP contribution < -0.4 is 29.6 Å². The van der Waals surface area contributed by atoms with Crippen molar-refractivity contribution in [3.05, 3.63) is 36.4 Å². The Balaban J connectivity index is 1.37. The first-order valence-electron chi connectivity index (χ1n) is 19.9. The molecule has 3 fully saturated rings. The number of nitrogens with one attached hydrogen (secondary N) is 3. The lowest BCUT2D eigenvalue weighted by molar-refractivity contribution is -0.142. The molecule has 1 aromatic carbocycles. The van der Waals surface area contributed by atoms with Gasteiger partial charge >= 0.3 is 6.09 Å². The standard InChI is InChI=1S/C41H57N5O10S/c1-9-54-32-20-26-19-28(53-8)14-15-30(26)35(42-32)55-29-21-31-34(47)44-41(37(49)45-57(51,52)40(7)16-17-40)22-27(41)13-11-10-12-24(2)18-25(3)33(36(48)46(31)23-29)43-38(50)56-39(4,5)6/h11,13-15,19-20,24-25,27,29,31,33H,9-10,12,16-18,21-23H2,1-8H3,(H,43,50)(H,44,47)(H,45,49)/b13-11-/t24-,25-,27-,29-,31+,33+,41-/m1/s1. The van der Waals surface area contributed by atoms with Gasteiger partial charge < -0.3 is 34.5 Å². The summed E-state index contributed by atoms with van der Waals surface area (Å²) in [7, 11) is -2.45. The molecule has 4 aliphatic rings. The van der Waals surface area contributed by atoms with E-state index in [1.54, 1.807) is 53.0 Å². The fourth-order valence-corrected chi connectivity index (χ4v) is 9.12. The second-order valence-corrected chi connectivity index (χ2v) is 19.6. The summed E-state index contributed by atoms with van der Waals surface area (Å²) < 4.78 is 51.0. The van der Waals surface area contributed by atoms with Crippen LogP contribution in [0.5, 0.6) is 17.5 Å². The van der Waals surface area contributed by atoms with E-state index >= 15 is 0 Å². The van der Waals surface area contributed by atoms with Crippen molar-refractivity contribution in [2.45, 2.75) is 127 Å². The molecule has 2 aliphatic heterocycles. The van der Waals surface area contributed by atoms with E-state index in [1.807, 2.05) is 32.1 Å². The number of ether oxygens (including phenoxy) is 4. The lowest BCUT2D eigenvalue weighted by Crippen LogP contribution is -2.59. The summed E-state index contributed by atoms with van der Waals surface area (Å²) in [6.45, 7) is 12.9. The van der Waals surface area contributed by atoms with E-state index in [0.717, 1.165) is 11.8 Å². The quantitative estimate of drug-likeness (QED) is 0.296. The van der Waals surface area contributed by atoms with Crippen molar-refractivity contribution in [1.29, 1.82) is 0 Å². The molecular formula is C41H57N5O10S.